The zero-order valence-corrected chi connectivity index (χ0v) is 11.0. The van der Waals surface area contributed by atoms with Gasteiger partial charge >= 0.3 is 0 Å². The number of hydrogen-bond donors (Lipinski definition) is 2. The van der Waals surface area contributed by atoms with Gasteiger partial charge in [-0.15, -0.1) is 0 Å². The van der Waals surface area contributed by atoms with E-state index in [4.69, 9.17) is 5.21 Å². The number of nitrogens with one attached hydrogen (secondary N) is 1. The normalized spacial score (nSPS) is 11.2. The van der Waals surface area contributed by atoms with Crippen molar-refractivity contribution in [1.82, 2.24) is 10.2 Å². The van der Waals surface area contributed by atoms with Crippen molar-refractivity contribution in [3.63, 3.8) is 0 Å². The number of rotatable bonds is 10. The third kappa shape index (κ3) is 11.2. The molecule has 0 aliphatic heterocycles. The molecule has 0 radical (unpaired) electrons. The fraction of sp³-hybridized carbons (Fsp3) is 0.833. The Morgan fingerprint density at radius 2 is 2.00 bits per heavy atom. The first-order chi connectivity index (χ1) is 8.20. The number of amides is 1. The van der Waals surface area contributed by atoms with Crippen molar-refractivity contribution in [3.8, 4) is 0 Å². The molecule has 0 saturated carbocycles. The van der Waals surface area contributed by atoms with Crippen LogP contribution in [-0.4, -0.2) is 48.9 Å². The van der Waals surface area contributed by atoms with E-state index >= 15 is 0 Å². The summed E-state index contributed by atoms with van der Waals surface area (Å²) in [6.07, 6.45) is 6.90. The quantitative estimate of drug-likeness (QED) is 0.264. The van der Waals surface area contributed by atoms with E-state index in [0.717, 1.165) is 25.7 Å². The van der Waals surface area contributed by atoms with Crippen LogP contribution < -0.4 is 5.32 Å². The molecule has 0 unspecified atom stereocenters. The zero-order chi connectivity index (χ0) is 12.9. The Labute approximate surface area is 104 Å². The van der Waals surface area contributed by atoms with Gasteiger partial charge in [-0.25, -0.2) is 0 Å². The molecule has 1 amide bonds. The fourth-order valence-corrected chi connectivity index (χ4v) is 1.58. The van der Waals surface area contributed by atoms with Crippen LogP contribution in [0.25, 0.3) is 0 Å². The molecule has 0 aromatic rings. The van der Waals surface area contributed by atoms with Crippen molar-refractivity contribution in [3.05, 3.63) is 0 Å². The smallest absolute Gasteiger partial charge is 0.265 e. The lowest BCUT2D eigenvalue weighted by atomic mass is 10.2. The minimum atomic E-state index is -0.349. The van der Waals surface area contributed by atoms with Crippen LogP contribution in [0.3, 0.4) is 0 Å². The van der Waals surface area contributed by atoms with Gasteiger partial charge in [-0.3, -0.25) is 4.79 Å². The van der Waals surface area contributed by atoms with Gasteiger partial charge in [0.1, 0.15) is 6.21 Å². The van der Waals surface area contributed by atoms with E-state index in [0.29, 0.717) is 6.54 Å². The Balaban J connectivity index is 3.32. The first-order valence-electron chi connectivity index (χ1n) is 6.34. The number of oxime groups is 1. The van der Waals surface area contributed by atoms with Gasteiger partial charge in [0.25, 0.3) is 5.91 Å². The molecule has 0 rings (SSSR count). The average molecular weight is 243 g/mol. The monoisotopic (exact) mass is 243 g/mol. The summed E-state index contributed by atoms with van der Waals surface area (Å²) in [5.41, 5.74) is 0. The van der Waals surface area contributed by atoms with Crippen molar-refractivity contribution >= 4 is 12.1 Å². The highest BCUT2D eigenvalue weighted by Crippen LogP contribution is 2.00. The number of carbonyl (C=O) groups is 1. The third-order valence-corrected chi connectivity index (χ3v) is 2.58. The molecule has 0 aliphatic rings. The van der Waals surface area contributed by atoms with E-state index in [1.807, 2.05) is 0 Å². The molecule has 17 heavy (non-hydrogen) atoms. The third-order valence-electron chi connectivity index (χ3n) is 2.58. The standard InChI is InChI=1S/C12H25N3O2/c1-3-4-5-6-9-15(2)10-7-8-13-12(16)11-14-17/h11,17H,3-10H2,1-2H3,(H,13,16)/b14-11+. The van der Waals surface area contributed by atoms with Gasteiger partial charge < -0.3 is 15.4 Å². The maximum atomic E-state index is 10.9. The van der Waals surface area contributed by atoms with Gasteiger partial charge in [-0.2, -0.15) is 0 Å². The summed E-state index contributed by atoms with van der Waals surface area (Å²) in [4.78, 5) is 13.2. The highest BCUT2D eigenvalue weighted by Gasteiger charge is 1.99. The van der Waals surface area contributed by atoms with Crippen LogP contribution >= 0.6 is 0 Å². The molecular weight excluding hydrogens is 218 g/mol. The minimum Gasteiger partial charge on any atom is -0.411 e. The van der Waals surface area contributed by atoms with E-state index < -0.39 is 0 Å². The summed E-state index contributed by atoms with van der Waals surface area (Å²) in [6, 6.07) is 0. The number of carbonyl (C=O) groups excluding carboxylic acids is 1. The molecule has 0 fully saturated rings. The van der Waals surface area contributed by atoms with Crippen LogP contribution in [0.1, 0.15) is 39.0 Å². The summed E-state index contributed by atoms with van der Waals surface area (Å²) >= 11 is 0. The fourth-order valence-electron chi connectivity index (χ4n) is 1.58. The highest BCUT2D eigenvalue weighted by molar-refractivity contribution is 6.25. The Kier molecular flexibility index (Phi) is 10.7. The molecule has 0 bridgehead atoms. The summed E-state index contributed by atoms with van der Waals surface area (Å²) in [6.45, 7) is 4.92. The second-order valence-electron chi connectivity index (χ2n) is 4.25. The molecule has 5 heteroatoms. The lowest BCUT2D eigenvalue weighted by molar-refractivity contribution is -0.114. The topological polar surface area (TPSA) is 64.9 Å². The summed E-state index contributed by atoms with van der Waals surface area (Å²) in [5, 5.41) is 13.4. The van der Waals surface area contributed by atoms with Crippen LogP contribution in [0.4, 0.5) is 0 Å². The van der Waals surface area contributed by atoms with E-state index in [-0.39, 0.29) is 5.91 Å². The molecule has 2 N–H and O–H groups in total. The first kappa shape index (κ1) is 15.9. The van der Waals surface area contributed by atoms with E-state index in [1.165, 1.54) is 25.7 Å². The molecule has 0 heterocycles. The van der Waals surface area contributed by atoms with Crippen molar-refractivity contribution < 1.29 is 10.0 Å². The van der Waals surface area contributed by atoms with Gasteiger partial charge in [0.05, 0.1) is 0 Å². The molecule has 0 saturated heterocycles. The van der Waals surface area contributed by atoms with E-state index in [2.05, 4.69) is 29.3 Å². The van der Waals surface area contributed by atoms with Gasteiger partial charge in [-0.1, -0.05) is 31.3 Å². The Morgan fingerprint density at radius 3 is 2.65 bits per heavy atom. The van der Waals surface area contributed by atoms with Crippen molar-refractivity contribution in [2.24, 2.45) is 5.16 Å². The Morgan fingerprint density at radius 1 is 1.29 bits per heavy atom. The lowest BCUT2D eigenvalue weighted by Gasteiger charge is -2.16. The summed E-state index contributed by atoms with van der Waals surface area (Å²) < 4.78 is 0. The van der Waals surface area contributed by atoms with Crippen LogP contribution in [-0.2, 0) is 4.79 Å². The van der Waals surface area contributed by atoms with E-state index in [1.54, 1.807) is 0 Å². The average Bonchev–Trinajstić information content (AvgIpc) is 2.31. The zero-order valence-electron chi connectivity index (χ0n) is 11.0. The summed E-state index contributed by atoms with van der Waals surface area (Å²) in [5.74, 6) is -0.349. The van der Waals surface area contributed by atoms with Crippen LogP contribution in [0.5, 0.6) is 0 Å². The Bertz CT molecular complexity index is 220. The van der Waals surface area contributed by atoms with Crippen molar-refractivity contribution in [2.75, 3.05) is 26.7 Å². The molecule has 0 spiro atoms. The second-order valence-corrected chi connectivity index (χ2v) is 4.25. The molecule has 0 aromatic heterocycles. The van der Waals surface area contributed by atoms with Crippen molar-refractivity contribution in [2.45, 2.75) is 39.0 Å². The molecular formula is C12H25N3O2. The summed E-state index contributed by atoms with van der Waals surface area (Å²) in [7, 11) is 2.10. The highest BCUT2D eigenvalue weighted by atomic mass is 16.4. The second kappa shape index (κ2) is 11.4. The molecule has 100 valence electrons. The Hall–Kier alpha value is -1.10. The predicted molar refractivity (Wildman–Crippen MR) is 69.5 cm³/mol. The minimum absolute atomic E-state index is 0.349. The molecule has 0 aromatic carbocycles. The maximum Gasteiger partial charge on any atom is 0.265 e. The molecule has 0 atom stereocenters. The number of hydrogen-bond acceptors (Lipinski definition) is 4. The SMILES string of the molecule is CCCCCCN(C)CCCNC(=O)/C=N/O. The molecule has 0 aliphatic carbocycles. The first-order valence-corrected chi connectivity index (χ1v) is 6.34. The number of nitrogens with zero attached hydrogens (tertiary/aromatic N) is 2. The molecule has 5 nitrogen and oxygen atoms in total. The van der Waals surface area contributed by atoms with Gasteiger partial charge in [-0.05, 0) is 33.0 Å². The lowest BCUT2D eigenvalue weighted by Crippen LogP contribution is -2.29. The predicted octanol–water partition coefficient (Wildman–Crippen LogP) is 1.46. The number of unbranched alkanes of at least 4 members (excludes halogenated alkanes) is 3. The van der Waals surface area contributed by atoms with Gasteiger partial charge in [0.2, 0.25) is 0 Å². The van der Waals surface area contributed by atoms with Crippen LogP contribution in [0.15, 0.2) is 5.16 Å². The van der Waals surface area contributed by atoms with Crippen LogP contribution in [0.2, 0.25) is 0 Å². The van der Waals surface area contributed by atoms with Crippen LogP contribution in [0, 0.1) is 0 Å². The maximum absolute atomic E-state index is 10.9. The largest absolute Gasteiger partial charge is 0.411 e. The van der Waals surface area contributed by atoms with Gasteiger partial charge in [0, 0.05) is 6.54 Å². The van der Waals surface area contributed by atoms with Gasteiger partial charge in [0.15, 0.2) is 0 Å². The van der Waals surface area contributed by atoms with E-state index in [9.17, 15) is 4.79 Å². The van der Waals surface area contributed by atoms with Crippen molar-refractivity contribution in [1.29, 1.82) is 0 Å².